The molecule has 0 aliphatic rings. The third-order valence-corrected chi connectivity index (χ3v) is 2.00. The zero-order chi connectivity index (χ0) is 9.07. The molecule has 0 saturated carbocycles. The minimum atomic E-state index is 0.190. The van der Waals surface area contributed by atoms with Gasteiger partial charge in [0.1, 0.15) is 0 Å². The van der Waals surface area contributed by atoms with Gasteiger partial charge in [-0.3, -0.25) is 0 Å². The maximum atomic E-state index is 8.45. The second kappa shape index (κ2) is 10.7. The van der Waals surface area contributed by atoms with E-state index in [1.165, 1.54) is 38.5 Å². The fourth-order valence-corrected chi connectivity index (χ4v) is 1.23. The first-order chi connectivity index (χ1) is 5.91. The smallest absolute Gasteiger partial charge is 0.0612 e. The van der Waals surface area contributed by atoms with E-state index < -0.39 is 0 Å². The molecule has 0 aliphatic heterocycles. The molecule has 0 aromatic rings. The third kappa shape index (κ3) is 9.70. The Hall–Kier alpha value is -0.300. The van der Waals surface area contributed by atoms with Crippen molar-refractivity contribution in [1.82, 2.24) is 0 Å². The SMILES string of the molecule is CCCCCCCC/C=C\CO. The van der Waals surface area contributed by atoms with Crippen molar-refractivity contribution in [3.05, 3.63) is 12.2 Å². The van der Waals surface area contributed by atoms with Gasteiger partial charge in [0.15, 0.2) is 0 Å². The van der Waals surface area contributed by atoms with Gasteiger partial charge in [-0.15, -0.1) is 0 Å². The van der Waals surface area contributed by atoms with Crippen LogP contribution in [0.4, 0.5) is 0 Å². The Kier molecular flexibility index (Phi) is 10.4. The lowest BCUT2D eigenvalue weighted by atomic mass is 10.1. The molecule has 0 aromatic carbocycles. The minimum absolute atomic E-state index is 0.190. The van der Waals surface area contributed by atoms with E-state index in [0.717, 1.165) is 6.42 Å². The number of hydrogen-bond acceptors (Lipinski definition) is 1. The zero-order valence-corrected chi connectivity index (χ0v) is 8.26. The molecule has 0 fully saturated rings. The Labute approximate surface area is 76.5 Å². The van der Waals surface area contributed by atoms with Crippen LogP contribution in [0.25, 0.3) is 0 Å². The number of unbranched alkanes of at least 4 members (excludes halogenated alkanes) is 6. The van der Waals surface area contributed by atoms with Gasteiger partial charge in [-0.25, -0.2) is 0 Å². The summed E-state index contributed by atoms with van der Waals surface area (Å²) in [6, 6.07) is 0. The summed E-state index contributed by atoms with van der Waals surface area (Å²) in [5.41, 5.74) is 0. The molecule has 72 valence electrons. The van der Waals surface area contributed by atoms with E-state index in [1.54, 1.807) is 0 Å². The molecule has 0 unspecified atom stereocenters. The van der Waals surface area contributed by atoms with Gasteiger partial charge in [0, 0.05) is 0 Å². The van der Waals surface area contributed by atoms with Gasteiger partial charge in [-0.05, 0) is 12.8 Å². The molecule has 0 amide bonds. The van der Waals surface area contributed by atoms with Crippen molar-refractivity contribution in [2.24, 2.45) is 0 Å². The van der Waals surface area contributed by atoms with Crippen molar-refractivity contribution >= 4 is 0 Å². The summed E-state index contributed by atoms with van der Waals surface area (Å²) in [7, 11) is 0. The molecular weight excluding hydrogens is 148 g/mol. The summed E-state index contributed by atoms with van der Waals surface area (Å²) < 4.78 is 0. The first-order valence-electron chi connectivity index (χ1n) is 5.17. The Bertz CT molecular complexity index is 97.2. The molecule has 0 aliphatic carbocycles. The van der Waals surface area contributed by atoms with E-state index in [2.05, 4.69) is 13.0 Å². The summed E-state index contributed by atoms with van der Waals surface area (Å²) in [5, 5.41) is 8.45. The first-order valence-corrected chi connectivity index (χ1v) is 5.17. The van der Waals surface area contributed by atoms with Crippen LogP contribution in [0.5, 0.6) is 0 Å². The molecule has 0 aromatic heterocycles. The van der Waals surface area contributed by atoms with Crippen LogP contribution < -0.4 is 0 Å². The molecule has 1 heteroatoms. The van der Waals surface area contributed by atoms with Crippen molar-refractivity contribution in [3.8, 4) is 0 Å². The van der Waals surface area contributed by atoms with Gasteiger partial charge in [0.05, 0.1) is 6.61 Å². The van der Waals surface area contributed by atoms with Crippen molar-refractivity contribution in [1.29, 1.82) is 0 Å². The Morgan fingerprint density at radius 3 is 2.25 bits per heavy atom. The Morgan fingerprint density at radius 2 is 1.58 bits per heavy atom. The molecule has 1 nitrogen and oxygen atoms in total. The standard InChI is InChI=1S/C11H22O/c1-2-3-4-5-6-7-8-9-10-11-12/h9-10,12H,2-8,11H2,1H3/b10-9-. The summed E-state index contributed by atoms with van der Waals surface area (Å²) in [4.78, 5) is 0. The highest BCUT2D eigenvalue weighted by atomic mass is 16.2. The van der Waals surface area contributed by atoms with Crippen LogP contribution >= 0.6 is 0 Å². The molecule has 0 heterocycles. The van der Waals surface area contributed by atoms with Gasteiger partial charge < -0.3 is 5.11 Å². The molecule has 0 radical (unpaired) electrons. The summed E-state index contributed by atoms with van der Waals surface area (Å²) in [6.07, 6.45) is 13.1. The van der Waals surface area contributed by atoms with Crippen LogP contribution in [0.15, 0.2) is 12.2 Å². The lowest BCUT2D eigenvalue weighted by Gasteiger charge is -1.97. The predicted octanol–water partition coefficient (Wildman–Crippen LogP) is 3.29. The highest BCUT2D eigenvalue weighted by Gasteiger charge is 1.87. The Morgan fingerprint density at radius 1 is 0.917 bits per heavy atom. The molecule has 0 rings (SSSR count). The molecule has 0 atom stereocenters. The normalized spacial score (nSPS) is 11.2. The van der Waals surface area contributed by atoms with Crippen LogP contribution in [0.1, 0.15) is 51.9 Å². The molecular formula is C11H22O. The topological polar surface area (TPSA) is 20.2 Å². The van der Waals surface area contributed by atoms with Crippen molar-refractivity contribution < 1.29 is 5.11 Å². The van der Waals surface area contributed by atoms with Crippen molar-refractivity contribution in [3.63, 3.8) is 0 Å². The lowest BCUT2D eigenvalue weighted by Crippen LogP contribution is -1.78. The van der Waals surface area contributed by atoms with E-state index in [1.807, 2.05) is 6.08 Å². The first kappa shape index (κ1) is 11.7. The van der Waals surface area contributed by atoms with Gasteiger partial charge in [0.25, 0.3) is 0 Å². The minimum Gasteiger partial charge on any atom is -0.392 e. The van der Waals surface area contributed by atoms with Crippen molar-refractivity contribution in [2.45, 2.75) is 51.9 Å². The fraction of sp³-hybridized carbons (Fsp3) is 0.818. The van der Waals surface area contributed by atoms with Crippen LogP contribution in [0.2, 0.25) is 0 Å². The maximum Gasteiger partial charge on any atom is 0.0612 e. The second-order valence-electron chi connectivity index (χ2n) is 3.21. The molecule has 0 spiro atoms. The summed E-state index contributed by atoms with van der Waals surface area (Å²) in [6.45, 7) is 2.43. The van der Waals surface area contributed by atoms with Gasteiger partial charge in [-0.2, -0.15) is 0 Å². The zero-order valence-electron chi connectivity index (χ0n) is 8.26. The van der Waals surface area contributed by atoms with Crippen LogP contribution in [-0.2, 0) is 0 Å². The highest BCUT2D eigenvalue weighted by molar-refractivity contribution is 4.80. The lowest BCUT2D eigenvalue weighted by molar-refractivity contribution is 0.342. The Balaban J connectivity index is 2.86. The van der Waals surface area contributed by atoms with Crippen LogP contribution in [0.3, 0.4) is 0 Å². The van der Waals surface area contributed by atoms with E-state index in [4.69, 9.17) is 5.11 Å². The van der Waals surface area contributed by atoms with Gasteiger partial charge >= 0.3 is 0 Å². The fourth-order valence-electron chi connectivity index (χ4n) is 1.23. The van der Waals surface area contributed by atoms with E-state index in [0.29, 0.717) is 0 Å². The quantitative estimate of drug-likeness (QED) is 0.438. The maximum absolute atomic E-state index is 8.45. The molecule has 12 heavy (non-hydrogen) atoms. The average Bonchev–Trinajstić information content (AvgIpc) is 2.10. The second-order valence-corrected chi connectivity index (χ2v) is 3.21. The van der Waals surface area contributed by atoms with Gasteiger partial charge in [-0.1, -0.05) is 51.2 Å². The predicted molar refractivity (Wildman–Crippen MR) is 54.2 cm³/mol. The molecule has 0 bridgehead atoms. The van der Waals surface area contributed by atoms with Crippen molar-refractivity contribution in [2.75, 3.05) is 6.61 Å². The number of hydrogen-bond donors (Lipinski definition) is 1. The number of aliphatic hydroxyl groups excluding tert-OH is 1. The number of aliphatic hydroxyl groups is 1. The van der Waals surface area contributed by atoms with Gasteiger partial charge in [0.2, 0.25) is 0 Å². The van der Waals surface area contributed by atoms with Crippen LogP contribution in [0, 0.1) is 0 Å². The molecule has 1 N–H and O–H groups in total. The monoisotopic (exact) mass is 170 g/mol. The number of allylic oxidation sites excluding steroid dienone is 1. The molecule has 0 saturated heterocycles. The largest absolute Gasteiger partial charge is 0.392 e. The van der Waals surface area contributed by atoms with E-state index >= 15 is 0 Å². The van der Waals surface area contributed by atoms with E-state index in [9.17, 15) is 0 Å². The van der Waals surface area contributed by atoms with E-state index in [-0.39, 0.29) is 6.61 Å². The summed E-state index contributed by atoms with van der Waals surface area (Å²) in [5.74, 6) is 0. The third-order valence-electron chi connectivity index (χ3n) is 2.00. The number of rotatable bonds is 8. The summed E-state index contributed by atoms with van der Waals surface area (Å²) >= 11 is 0. The average molecular weight is 170 g/mol. The highest BCUT2D eigenvalue weighted by Crippen LogP contribution is 2.06. The van der Waals surface area contributed by atoms with Crippen LogP contribution in [-0.4, -0.2) is 11.7 Å².